The van der Waals surface area contributed by atoms with E-state index in [0.29, 0.717) is 10.8 Å². The summed E-state index contributed by atoms with van der Waals surface area (Å²) in [5.41, 5.74) is 0. The molecule has 2 aliphatic carbocycles. The summed E-state index contributed by atoms with van der Waals surface area (Å²) in [5, 5.41) is 0.388. The number of rotatable bonds is 4. The standard InChI is InChI=1S/C14H26O2Si/c1-16-13(11-7-5-6-8-12(11)15)14(9-10-14)17(2,3)4/h11,13H,5-10H2,1-4H3/t11-,13-/m0/s1. The van der Waals surface area contributed by atoms with E-state index >= 15 is 0 Å². The lowest BCUT2D eigenvalue weighted by Crippen LogP contribution is -2.45. The van der Waals surface area contributed by atoms with Gasteiger partial charge in [-0.1, -0.05) is 26.1 Å². The Bertz CT molecular complexity index is 302. The monoisotopic (exact) mass is 254 g/mol. The van der Waals surface area contributed by atoms with E-state index in [0.717, 1.165) is 19.3 Å². The number of methoxy groups -OCH3 is 1. The molecule has 0 saturated heterocycles. The number of carbonyl (C=O) groups excluding carboxylic acids is 1. The van der Waals surface area contributed by atoms with Crippen LogP contribution < -0.4 is 0 Å². The molecule has 0 N–H and O–H groups in total. The summed E-state index contributed by atoms with van der Waals surface area (Å²) in [6.45, 7) is 7.29. The number of hydrogen-bond donors (Lipinski definition) is 0. The number of hydrogen-bond acceptors (Lipinski definition) is 2. The van der Waals surface area contributed by atoms with Gasteiger partial charge in [0, 0.05) is 19.4 Å². The van der Waals surface area contributed by atoms with Gasteiger partial charge in [-0.2, -0.15) is 0 Å². The molecular weight excluding hydrogens is 228 g/mol. The van der Waals surface area contributed by atoms with E-state index in [1.165, 1.54) is 19.3 Å². The van der Waals surface area contributed by atoms with Gasteiger partial charge < -0.3 is 4.74 Å². The zero-order chi connectivity index (χ0) is 12.7. The van der Waals surface area contributed by atoms with Gasteiger partial charge in [0.25, 0.3) is 0 Å². The first-order valence-electron chi connectivity index (χ1n) is 6.98. The van der Waals surface area contributed by atoms with Gasteiger partial charge in [-0.25, -0.2) is 0 Å². The molecule has 0 aliphatic heterocycles. The van der Waals surface area contributed by atoms with Crippen LogP contribution in [-0.4, -0.2) is 27.1 Å². The smallest absolute Gasteiger partial charge is 0.138 e. The quantitative estimate of drug-likeness (QED) is 0.716. The van der Waals surface area contributed by atoms with Crippen LogP contribution in [0, 0.1) is 5.92 Å². The Morgan fingerprint density at radius 1 is 1.29 bits per heavy atom. The summed E-state index contributed by atoms with van der Waals surface area (Å²) in [6, 6.07) is 0. The van der Waals surface area contributed by atoms with Crippen molar-refractivity contribution in [1.82, 2.24) is 0 Å². The van der Waals surface area contributed by atoms with Crippen LogP contribution in [0.1, 0.15) is 38.5 Å². The topological polar surface area (TPSA) is 26.3 Å². The van der Waals surface area contributed by atoms with Gasteiger partial charge in [-0.3, -0.25) is 4.79 Å². The van der Waals surface area contributed by atoms with Gasteiger partial charge in [-0.15, -0.1) is 0 Å². The fourth-order valence-electron chi connectivity index (χ4n) is 3.70. The minimum Gasteiger partial charge on any atom is -0.380 e. The summed E-state index contributed by atoms with van der Waals surface area (Å²) in [4.78, 5) is 12.1. The van der Waals surface area contributed by atoms with Crippen molar-refractivity contribution in [3.8, 4) is 0 Å². The van der Waals surface area contributed by atoms with Crippen molar-refractivity contribution >= 4 is 13.9 Å². The molecule has 0 aromatic rings. The Morgan fingerprint density at radius 3 is 2.35 bits per heavy atom. The highest BCUT2D eigenvalue weighted by Crippen LogP contribution is 2.65. The fourth-order valence-corrected chi connectivity index (χ4v) is 6.50. The van der Waals surface area contributed by atoms with Gasteiger partial charge in [0.05, 0.1) is 14.2 Å². The highest BCUT2D eigenvalue weighted by molar-refractivity contribution is 6.80. The third-order valence-corrected chi connectivity index (χ3v) is 8.82. The zero-order valence-electron chi connectivity index (χ0n) is 11.7. The molecule has 0 heterocycles. The van der Waals surface area contributed by atoms with Crippen molar-refractivity contribution in [3.63, 3.8) is 0 Å². The Balaban J connectivity index is 2.19. The third-order valence-electron chi connectivity index (χ3n) is 5.05. The number of Topliss-reactive ketones (excluding diaryl/α,β-unsaturated/α-hetero) is 1. The summed E-state index contributed by atoms with van der Waals surface area (Å²) in [5.74, 6) is 0.663. The summed E-state index contributed by atoms with van der Waals surface area (Å²) >= 11 is 0. The average Bonchev–Trinajstić information content (AvgIpc) is 3.02. The second-order valence-corrected chi connectivity index (χ2v) is 12.4. The van der Waals surface area contributed by atoms with E-state index in [1.54, 1.807) is 0 Å². The van der Waals surface area contributed by atoms with E-state index < -0.39 is 8.07 Å². The largest absolute Gasteiger partial charge is 0.380 e. The van der Waals surface area contributed by atoms with Crippen molar-refractivity contribution < 1.29 is 9.53 Å². The molecular formula is C14H26O2Si. The molecule has 2 fully saturated rings. The molecule has 17 heavy (non-hydrogen) atoms. The van der Waals surface area contributed by atoms with Gasteiger partial charge in [0.1, 0.15) is 5.78 Å². The van der Waals surface area contributed by atoms with E-state index in [-0.39, 0.29) is 12.0 Å². The summed E-state index contributed by atoms with van der Waals surface area (Å²) < 4.78 is 5.83. The predicted octanol–water partition coefficient (Wildman–Crippen LogP) is 3.63. The van der Waals surface area contributed by atoms with E-state index in [4.69, 9.17) is 4.74 Å². The fraction of sp³-hybridized carbons (Fsp3) is 0.929. The molecule has 3 heteroatoms. The molecule has 0 bridgehead atoms. The van der Waals surface area contributed by atoms with Crippen molar-refractivity contribution in [2.24, 2.45) is 5.92 Å². The summed E-state index contributed by atoms with van der Waals surface area (Å²) in [6.07, 6.45) is 6.91. The van der Waals surface area contributed by atoms with Crippen LogP contribution in [0.15, 0.2) is 0 Å². The van der Waals surface area contributed by atoms with E-state index in [1.807, 2.05) is 7.11 Å². The van der Waals surface area contributed by atoms with Gasteiger partial charge in [-0.05, 0) is 30.7 Å². The molecule has 98 valence electrons. The van der Waals surface area contributed by atoms with Crippen LogP contribution in [0.4, 0.5) is 0 Å². The van der Waals surface area contributed by atoms with E-state index in [9.17, 15) is 4.79 Å². The summed E-state index contributed by atoms with van der Waals surface area (Å²) in [7, 11) is 0.564. The molecule has 0 aromatic heterocycles. The predicted molar refractivity (Wildman–Crippen MR) is 73.0 cm³/mol. The van der Waals surface area contributed by atoms with Crippen LogP contribution in [0.5, 0.6) is 0 Å². The van der Waals surface area contributed by atoms with E-state index in [2.05, 4.69) is 19.6 Å². The molecule has 2 aliphatic rings. The molecule has 2 atom stereocenters. The van der Waals surface area contributed by atoms with Gasteiger partial charge in [0.15, 0.2) is 0 Å². The molecule has 0 radical (unpaired) electrons. The van der Waals surface area contributed by atoms with Crippen molar-refractivity contribution in [2.75, 3.05) is 7.11 Å². The maximum absolute atomic E-state index is 12.1. The average molecular weight is 254 g/mol. The first-order valence-corrected chi connectivity index (χ1v) is 10.5. The van der Waals surface area contributed by atoms with Crippen molar-refractivity contribution in [3.05, 3.63) is 0 Å². The molecule has 0 spiro atoms. The number of ketones is 1. The first-order chi connectivity index (χ1) is 7.92. The first kappa shape index (κ1) is 13.3. The Labute approximate surface area is 106 Å². The molecule has 2 saturated carbocycles. The Kier molecular flexibility index (Phi) is 3.52. The lowest BCUT2D eigenvalue weighted by molar-refractivity contribution is -0.130. The molecule has 2 nitrogen and oxygen atoms in total. The second-order valence-electron chi connectivity index (χ2n) is 6.88. The zero-order valence-corrected chi connectivity index (χ0v) is 12.7. The van der Waals surface area contributed by atoms with Crippen molar-refractivity contribution in [2.45, 2.75) is 69.3 Å². The highest BCUT2D eigenvalue weighted by atomic mass is 28.3. The van der Waals surface area contributed by atoms with Gasteiger partial charge in [0.2, 0.25) is 0 Å². The van der Waals surface area contributed by atoms with Crippen LogP contribution in [0.25, 0.3) is 0 Å². The van der Waals surface area contributed by atoms with Crippen LogP contribution >= 0.6 is 0 Å². The van der Waals surface area contributed by atoms with Crippen LogP contribution in [0.3, 0.4) is 0 Å². The minimum atomic E-state index is -1.25. The number of ether oxygens (including phenoxy) is 1. The minimum absolute atomic E-state index is 0.197. The van der Waals surface area contributed by atoms with Gasteiger partial charge >= 0.3 is 0 Å². The number of carbonyl (C=O) groups is 1. The van der Waals surface area contributed by atoms with Crippen LogP contribution in [-0.2, 0) is 9.53 Å². The maximum atomic E-state index is 12.1. The SMILES string of the molecule is CO[C@@H]([C@H]1CCCCC1=O)C1([Si](C)(C)C)CC1. The molecule has 0 unspecified atom stereocenters. The third kappa shape index (κ3) is 2.24. The molecule has 0 aromatic carbocycles. The lowest BCUT2D eigenvalue weighted by Gasteiger charge is -2.40. The lowest BCUT2D eigenvalue weighted by atomic mass is 9.82. The normalized spacial score (nSPS) is 30.1. The van der Waals surface area contributed by atoms with Crippen molar-refractivity contribution in [1.29, 1.82) is 0 Å². The Morgan fingerprint density at radius 2 is 1.94 bits per heavy atom. The van der Waals surface area contributed by atoms with Crippen LogP contribution in [0.2, 0.25) is 24.7 Å². The molecule has 2 rings (SSSR count). The highest BCUT2D eigenvalue weighted by Gasteiger charge is 2.60. The molecule has 0 amide bonds. The Hall–Kier alpha value is -0.153. The maximum Gasteiger partial charge on any atom is 0.138 e. The second kappa shape index (κ2) is 4.50.